The van der Waals surface area contributed by atoms with Crippen molar-refractivity contribution >= 4 is 0 Å². The highest BCUT2D eigenvalue weighted by Gasteiger charge is 2.31. The molecule has 0 aromatic heterocycles. The molecule has 0 fully saturated rings. The number of hydrogen-bond donors (Lipinski definition) is 0. The van der Waals surface area contributed by atoms with E-state index in [2.05, 4.69) is 149 Å². The van der Waals surface area contributed by atoms with Crippen LogP contribution in [0.4, 0.5) is 0 Å². The lowest BCUT2D eigenvalue weighted by Crippen LogP contribution is -2.26. The van der Waals surface area contributed by atoms with Gasteiger partial charge in [0.1, 0.15) is 0 Å². The first kappa shape index (κ1) is 33.6. The van der Waals surface area contributed by atoms with Gasteiger partial charge in [-0.15, -0.1) is 0 Å². The molecular weight excluding hydrogens is 468 g/mol. The summed E-state index contributed by atoms with van der Waals surface area (Å²) in [5.41, 5.74) is 12.9. The summed E-state index contributed by atoms with van der Waals surface area (Å²) in [5.74, 6) is 0. The van der Waals surface area contributed by atoms with Crippen LogP contribution in [0.2, 0.25) is 0 Å². The molecule has 0 nitrogen and oxygen atoms in total. The van der Waals surface area contributed by atoms with E-state index in [0.717, 1.165) is 12.8 Å². The zero-order valence-electron chi connectivity index (χ0n) is 29.4. The highest BCUT2D eigenvalue weighted by atomic mass is 14.4. The third-order valence-electron chi connectivity index (χ3n) is 8.27. The standard InChI is InChI=1S/C39H64/c1-34(2,3)27-23-30(36(7,8)9)28(31(24-27)37(10,11)12)21-19-20-26-22-32(38(13,14)15)33(39(16,17)18)25-29(26)35(4,5)6/h22-25H,19-21H2,1-18H3. The van der Waals surface area contributed by atoms with Crippen LogP contribution in [0.5, 0.6) is 0 Å². The predicted molar refractivity (Wildman–Crippen MR) is 177 cm³/mol. The van der Waals surface area contributed by atoms with Crippen LogP contribution in [0.3, 0.4) is 0 Å². The second kappa shape index (κ2) is 10.7. The molecule has 0 radical (unpaired) electrons. The summed E-state index contributed by atoms with van der Waals surface area (Å²) in [4.78, 5) is 0. The average Bonchev–Trinajstić information content (AvgIpc) is 2.68. The molecule has 0 spiro atoms. The number of benzene rings is 2. The van der Waals surface area contributed by atoms with Gasteiger partial charge in [-0.2, -0.15) is 0 Å². The Kier molecular flexibility index (Phi) is 9.22. The molecular formula is C39H64. The Balaban J connectivity index is 2.67. The Hall–Kier alpha value is -1.56. The van der Waals surface area contributed by atoms with E-state index < -0.39 is 0 Å². The molecule has 0 saturated heterocycles. The van der Waals surface area contributed by atoms with Gasteiger partial charge in [0.2, 0.25) is 0 Å². The molecule has 2 aromatic carbocycles. The van der Waals surface area contributed by atoms with Gasteiger partial charge in [-0.05, 0) is 96.3 Å². The molecule has 0 aliphatic rings. The van der Waals surface area contributed by atoms with Gasteiger partial charge in [-0.25, -0.2) is 0 Å². The molecule has 0 heterocycles. The van der Waals surface area contributed by atoms with E-state index in [-0.39, 0.29) is 32.5 Å². The highest BCUT2D eigenvalue weighted by molar-refractivity contribution is 5.49. The summed E-state index contributed by atoms with van der Waals surface area (Å²) in [6.07, 6.45) is 3.41. The van der Waals surface area contributed by atoms with E-state index in [1.54, 1.807) is 11.1 Å². The maximum Gasteiger partial charge on any atom is -0.0129 e. The molecule has 2 aromatic rings. The van der Waals surface area contributed by atoms with Gasteiger partial charge in [0.15, 0.2) is 0 Å². The fourth-order valence-corrected chi connectivity index (χ4v) is 5.96. The largest absolute Gasteiger partial charge is 0.0561 e. The van der Waals surface area contributed by atoms with Gasteiger partial charge < -0.3 is 0 Å². The van der Waals surface area contributed by atoms with Gasteiger partial charge in [0.25, 0.3) is 0 Å². The molecule has 0 aliphatic carbocycles. The zero-order valence-corrected chi connectivity index (χ0v) is 29.4. The predicted octanol–water partition coefficient (Wildman–Crippen LogP) is 11.6. The lowest BCUT2D eigenvalue weighted by atomic mass is 9.70. The van der Waals surface area contributed by atoms with Crippen molar-refractivity contribution < 1.29 is 0 Å². The van der Waals surface area contributed by atoms with Crippen molar-refractivity contribution in [2.45, 2.75) is 176 Å². The van der Waals surface area contributed by atoms with Crippen molar-refractivity contribution in [2.24, 2.45) is 0 Å². The van der Waals surface area contributed by atoms with E-state index in [4.69, 9.17) is 0 Å². The first-order valence-electron chi connectivity index (χ1n) is 15.5. The zero-order chi connectivity index (χ0) is 30.6. The topological polar surface area (TPSA) is 0 Å². The van der Waals surface area contributed by atoms with Crippen LogP contribution < -0.4 is 0 Å². The molecule has 0 saturated carbocycles. The smallest absolute Gasteiger partial charge is 0.0129 e. The summed E-state index contributed by atoms with van der Waals surface area (Å²) in [6, 6.07) is 10.2. The number of aryl methyl sites for hydroxylation is 1. The normalized spacial score (nSPS) is 14.2. The first-order chi connectivity index (χ1) is 17.1. The Morgan fingerprint density at radius 3 is 1.05 bits per heavy atom. The van der Waals surface area contributed by atoms with Crippen LogP contribution in [-0.2, 0) is 45.3 Å². The maximum atomic E-state index is 2.58. The third kappa shape index (κ3) is 8.24. The number of hydrogen-bond acceptors (Lipinski definition) is 0. The van der Waals surface area contributed by atoms with Crippen LogP contribution in [-0.4, -0.2) is 0 Å². The lowest BCUT2D eigenvalue weighted by molar-refractivity contribution is 0.518. The minimum absolute atomic E-state index is 0.112. The molecule has 0 unspecified atom stereocenters. The van der Waals surface area contributed by atoms with Crippen molar-refractivity contribution in [3.8, 4) is 0 Å². The van der Waals surface area contributed by atoms with Crippen LogP contribution in [0, 0.1) is 0 Å². The summed E-state index contributed by atoms with van der Waals surface area (Å²) in [5, 5.41) is 0. The second-order valence-corrected chi connectivity index (χ2v) is 18.5. The maximum absolute atomic E-state index is 2.58. The minimum Gasteiger partial charge on any atom is -0.0561 e. The second-order valence-electron chi connectivity index (χ2n) is 18.5. The van der Waals surface area contributed by atoms with Gasteiger partial charge in [0, 0.05) is 0 Å². The van der Waals surface area contributed by atoms with Crippen molar-refractivity contribution in [3.05, 3.63) is 68.8 Å². The summed E-state index contributed by atoms with van der Waals surface area (Å²) in [6.45, 7) is 42.8. The monoisotopic (exact) mass is 533 g/mol. The molecule has 0 bridgehead atoms. The van der Waals surface area contributed by atoms with Crippen LogP contribution in [0.1, 0.15) is 176 Å². The molecule has 2 rings (SSSR count). The Bertz CT molecular complexity index is 1110. The van der Waals surface area contributed by atoms with Crippen molar-refractivity contribution in [1.29, 1.82) is 0 Å². The molecule has 0 atom stereocenters. The number of rotatable bonds is 4. The molecule has 0 heteroatoms. The van der Waals surface area contributed by atoms with Gasteiger partial charge >= 0.3 is 0 Å². The van der Waals surface area contributed by atoms with Gasteiger partial charge in [0.05, 0.1) is 0 Å². The van der Waals surface area contributed by atoms with Crippen molar-refractivity contribution in [2.75, 3.05) is 0 Å². The van der Waals surface area contributed by atoms with E-state index in [0.29, 0.717) is 0 Å². The average molecular weight is 533 g/mol. The van der Waals surface area contributed by atoms with Crippen LogP contribution in [0.15, 0.2) is 24.3 Å². The fraction of sp³-hybridized carbons (Fsp3) is 0.692. The SMILES string of the molecule is CC(C)(C)c1cc(C(C)(C)C)c(CCCc2cc(C(C)(C)C)c(C(C)(C)C)cc2C(C)(C)C)c(C(C)(C)C)c1. The fourth-order valence-electron chi connectivity index (χ4n) is 5.96. The van der Waals surface area contributed by atoms with Gasteiger partial charge in [-0.3, -0.25) is 0 Å². The van der Waals surface area contributed by atoms with Crippen LogP contribution in [0.25, 0.3) is 0 Å². The molecule has 0 amide bonds. The van der Waals surface area contributed by atoms with E-state index in [1.165, 1.54) is 39.8 Å². The van der Waals surface area contributed by atoms with Crippen molar-refractivity contribution in [1.82, 2.24) is 0 Å². The van der Waals surface area contributed by atoms with E-state index in [1.807, 2.05) is 0 Å². The molecule has 0 aliphatic heterocycles. The highest BCUT2D eigenvalue weighted by Crippen LogP contribution is 2.41. The van der Waals surface area contributed by atoms with Crippen LogP contribution >= 0.6 is 0 Å². The summed E-state index contributed by atoms with van der Waals surface area (Å²) < 4.78 is 0. The Morgan fingerprint density at radius 2 is 0.718 bits per heavy atom. The van der Waals surface area contributed by atoms with E-state index >= 15 is 0 Å². The molecule has 220 valence electrons. The minimum atomic E-state index is 0.112. The summed E-state index contributed by atoms with van der Waals surface area (Å²) >= 11 is 0. The third-order valence-corrected chi connectivity index (χ3v) is 8.27. The Morgan fingerprint density at radius 1 is 0.359 bits per heavy atom. The first-order valence-corrected chi connectivity index (χ1v) is 15.5. The van der Waals surface area contributed by atoms with Crippen molar-refractivity contribution in [3.63, 3.8) is 0 Å². The van der Waals surface area contributed by atoms with E-state index in [9.17, 15) is 0 Å². The summed E-state index contributed by atoms with van der Waals surface area (Å²) in [7, 11) is 0. The molecule has 0 N–H and O–H groups in total. The Labute approximate surface area is 244 Å². The molecule has 39 heavy (non-hydrogen) atoms. The van der Waals surface area contributed by atoms with Gasteiger partial charge in [-0.1, -0.05) is 149 Å². The lowest BCUT2D eigenvalue weighted by Gasteiger charge is -2.35. The quantitative estimate of drug-likeness (QED) is 0.367.